The van der Waals surface area contributed by atoms with E-state index in [4.69, 9.17) is 5.11 Å². The normalized spacial score (nSPS) is 14.8. The van der Waals surface area contributed by atoms with Crippen molar-refractivity contribution in [2.45, 2.75) is 32.9 Å². The van der Waals surface area contributed by atoms with Crippen LogP contribution in [0.3, 0.4) is 0 Å². The molecule has 2 amide bonds. The Balaban J connectivity index is 1.99. The van der Waals surface area contributed by atoms with Crippen molar-refractivity contribution in [3.63, 3.8) is 0 Å². The number of aromatic nitrogens is 2. The van der Waals surface area contributed by atoms with Crippen LogP contribution in [0.25, 0.3) is 5.69 Å². The van der Waals surface area contributed by atoms with Gasteiger partial charge in [0.15, 0.2) is 0 Å². The highest BCUT2D eigenvalue weighted by molar-refractivity contribution is 5.74. The monoisotopic (exact) mass is 316 g/mol. The first kappa shape index (κ1) is 17.0. The number of nitrogens with one attached hydrogen (secondary N) is 2. The molecule has 0 spiro atoms. The number of benzene rings is 1. The molecular formula is C17H24N4O2. The van der Waals surface area contributed by atoms with E-state index in [2.05, 4.69) is 15.6 Å². The van der Waals surface area contributed by atoms with Gasteiger partial charge in [0.1, 0.15) is 0 Å². The maximum absolute atomic E-state index is 12.1. The highest BCUT2D eigenvalue weighted by Gasteiger charge is 2.16. The summed E-state index contributed by atoms with van der Waals surface area (Å²) >= 11 is 0. The highest BCUT2D eigenvalue weighted by atomic mass is 16.3. The van der Waals surface area contributed by atoms with Crippen LogP contribution in [-0.4, -0.2) is 33.3 Å². The quantitative estimate of drug-likeness (QED) is 0.765. The largest absolute Gasteiger partial charge is 0.396 e. The molecule has 0 unspecified atom stereocenters. The molecule has 6 nitrogen and oxygen atoms in total. The molecular weight excluding hydrogens is 292 g/mol. The molecule has 0 aliphatic heterocycles. The lowest BCUT2D eigenvalue weighted by Gasteiger charge is -2.22. The molecule has 3 atom stereocenters. The number of aliphatic hydroxyl groups excluding tert-OH is 1. The predicted octanol–water partition coefficient (Wildman–Crippen LogP) is 2.25. The van der Waals surface area contributed by atoms with Gasteiger partial charge in [0.25, 0.3) is 0 Å². The zero-order chi connectivity index (χ0) is 16.8. The van der Waals surface area contributed by atoms with Crippen LogP contribution >= 0.6 is 0 Å². The number of amides is 2. The lowest BCUT2D eigenvalue weighted by atomic mass is 10.1. The van der Waals surface area contributed by atoms with E-state index in [9.17, 15) is 4.79 Å². The summed E-state index contributed by atoms with van der Waals surface area (Å²) in [5.41, 5.74) is 2.01. The van der Waals surface area contributed by atoms with Crippen LogP contribution in [0, 0.1) is 5.92 Å². The van der Waals surface area contributed by atoms with E-state index in [0.717, 1.165) is 11.3 Å². The molecule has 0 saturated heterocycles. The number of aliphatic hydroxyl groups is 1. The third-order valence-electron chi connectivity index (χ3n) is 4.02. The van der Waals surface area contributed by atoms with Gasteiger partial charge < -0.3 is 20.3 Å². The second kappa shape index (κ2) is 7.78. The van der Waals surface area contributed by atoms with Crippen molar-refractivity contribution in [1.29, 1.82) is 0 Å². The van der Waals surface area contributed by atoms with Crippen LogP contribution < -0.4 is 10.6 Å². The Morgan fingerprint density at radius 1 is 1.30 bits per heavy atom. The summed E-state index contributed by atoms with van der Waals surface area (Å²) in [6.07, 6.45) is 5.34. The molecule has 1 aromatic heterocycles. The number of urea groups is 1. The highest BCUT2D eigenvalue weighted by Crippen LogP contribution is 2.16. The Labute approximate surface area is 136 Å². The first-order chi connectivity index (χ1) is 11.0. The molecule has 0 bridgehead atoms. The molecule has 1 aromatic carbocycles. The van der Waals surface area contributed by atoms with Gasteiger partial charge in [0.2, 0.25) is 0 Å². The second-order valence-corrected chi connectivity index (χ2v) is 5.85. The molecule has 6 heteroatoms. The van der Waals surface area contributed by atoms with Crippen molar-refractivity contribution >= 4 is 6.03 Å². The summed E-state index contributed by atoms with van der Waals surface area (Å²) < 4.78 is 1.92. The minimum Gasteiger partial charge on any atom is -0.396 e. The van der Waals surface area contributed by atoms with E-state index in [-0.39, 0.29) is 30.6 Å². The first-order valence-electron chi connectivity index (χ1n) is 7.77. The lowest BCUT2D eigenvalue weighted by molar-refractivity contribution is 0.199. The minimum absolute atomic E-state index is 0.0145. The van der Waals surface area contributed by atoms with E-state index in [1.807, 2.05) is 55.8 Å². The summed E-state index contributed by atoms with van der Waals surface area (Å²) in [5.74, 6) is 0.0145. The number of hydrogen-bond acceptors (Lipinski definition) is 3. The van der Waals surface area contributed by atoms with Crippen LogP contribution in [0.4, 0.5) is 4.79 Å². The van der Waals surface area contributed by atoms with Crippen LogP contribution in [0.2, 0.25) is 0 Å². The summed E-state index contributed by atoms with van der Waals surface area (Å²) in [6, 6.07) is 7.48. The molecule has 0 aliphatic carbocycles. The molecule has 0 saturated carbocycles. The lowest BCUT2D eigenvalue weighted by Crippen LogP contribution is -2.44. The van der Waals surface area contributed by atoms with Crippen molar-refractivity contribution in [2.24, 2.45) is 5.92 Å². The van der Waals surface area contributed by atoms with E-state index < -0.39 is 0 Å². The fourth-order valence-corrected chi connectivity index (χ4v) is 2.20. The van der Waals surface area contributed by atoms with Crippen LogP contribution in [0.5, 0.6) is 0 Å². The maximum Gasteiger partial charge on any atom is 0.315 e. The fraction of sp³-hybridized carbons (Fsp3) is 0.412. The summed E-state index contributed by atoms with van der Waals surface area (Å²) in [5, 5.41) is 14.9. The topological polar surface area (TPSA) is 79.2 Å². The molecule has 3 N–H and O–H groups in total. The summed E-state index contributed by atoms with van der Waals surface area (Å²) in [4.78, 5) is 16.1. The zero-order valence-corrected chi connectivity index (χ0v) is 13.7. The number of hydrogen-bond donors (Lipinski definition) is 3. The van der Waals surface area contributed by atoms with Crippen molar-refractivity contribution < 1.29 is 9.90 Å². The Morgan fingerprint density at radius 3 is 2.74 bits per heavy atom. The first-order valence-corrected chi connectivity index (χ1v) is 7.77. The van der Waals surface area contributed by atoms with E-state index in [1.165, 1.54) is 0 Å². The van der Waals surface area contributed by atoms with Gasteiger partial charge in [-0.3, -0.25) is 0 Å². The number of rotatable bonds is 6. The Morgan fingerprint density at radius 2 is 2.09 bits per heavy atom. The van der Waals surface area contributed by atoms with Gasteiger partial charge in [-0.15, -0.1) is 0 Å². The Hall–Kier alpha value is -2.34. The van der Waals surface area contributed by atoms with Crippen LogP contribution in [-0.2, 0) is 0 Å². The van der Waals surface area contributed by atoms with E-state index in [1.54, 1.807) is 12.5 Å². The van der Waals surface area contributed by atoms with Gasteiger partial charge in [0.05, 0.1) is 12.4 Å². The van der Waals surface area contributed by atoms with Gasteiger partial charge in [-0.05, 0) is 37.5 Å². The minimum atomic E-state index is -0.238. The van der Waals surface area contributed by atoms with Crippen LogP contribution in [0.1, 0.15) is 32.4 Å². The average molecular weight is 316 g/mol. The second-order valence-electron chi connectivity index (χ2n) is 5.85. The number of imidazole rings is 1. The van der Waals surface area contributed by atoms with Crippen LogP contribution in [0.15, 0.2) is 43.0 Å². The maximum atomic E-state index is 12.1. The van der Waals surface area contributed by atoms with Gasteiger partial charge in [-0.2, -0.15) is 0 Å². The fourth-order valence-electron chi connectivity index (χ4n) is 2.20. The molecule has 124 valence electrons. The van der Waals surface area contributed by atoms with Gasteiger partial charge in [-0.1, -0.05) is 19.1 Å². The number of carbonyl (C=O) groups is 1. The standard InChI is InChI=1S/C17H24N4O2/c1-12(10-22)13(2)19-17(23)20-14(3)15-5-4-6-16(9-15)21-8-7-18-11-21/h4-9,11-14,22H,10H2,1-3H3,(H2,19,20,23)/t12-,13+,14+/m1/s1. The SMILES string of the molecule is C[C@H](NC(=O)N[C@@H](C)[C@H](C)CO)c1cccc(-n2ccnc2)c1. The van der Waals surface area contributed by atoms with Gasteiger partial charge >= 0.3 is 6.03 Å². The Kier molecular flexibility index (Phi) is 5.76. The van der Waals surface area contributed by atoms with Gasteiger partial charge in [-0.25, -0.2) is 9.78 Å². The zero-order valence-electron chi connectivity index (χ0n) is 13.7. The molecule has 2 rings (SSSR count). The molecule has 0 fully saturated rings. The van der Waals surface area contributed by atoms with Crippen molar-refractivity contribution in [3.8, 4) is 5.69 Å². The molecule has 2 aromatic rings. The molecule has 0 aliphatic rings. The summed E-state index contributed by atoms with van der Waals surface area (Å²) in [7, 11) is 0. The van der Waals surface area contributed by atoms with E-state index >= 15 is 0 Å². The van der Waals surface area contributed by atoms with Crippen molar-refractivity contribution in [3.05, 3.63) is 48.5 Å². The third kappa shape index (κ3) is 4.56. The van der Waals surface area contributed by atoms with Crippen molar-refractivity contribution in [2.75, 3.05) is 6.61 Å². The number of nitrogens with zero attached hydrogens (tertiary/aromatic N) is 2. The summed E-state index contributed by atoms with van der Waals surface area (Å²) in [6.45, 7) is 5.75. The molecule has 1 heterocycles. The predicted molar refractivity (Wildman–Crippen MR) is 89.4 cm³/mol. The van der Waals surface area contributed by atoms with Crippen molar-refractivity contribution in [1.82, 2.24) is 20.2 Å². The third-order valence-corrected chi connectivity index (χ3v) is 4.02. The average Bonchev–Trinajstić information content (AvgIpc) is 3.08. The van der Waals surface area contributed by atoms with Gasteiger partial charge in [0, 0.05) is 30.7 Å². The molecule has 0 radical (unpaired) electrons. The smallest absolute Gasteiger partial charge is 0.315 e. The Bertz CT molecular complexity index is 627. The molecule has 23 heavy (non-hydrogen) atoms. The number of carbonyl (C=O) groups excluding carboxylic acids is 1. The van der Waals surface area contributed by atoms with E-state index in [0.29, 0.717) is 0 Å².